The third-order valence-corrected chi connectivity index (χ3v) is 5.52. The molecule has 136 valence electrons. The van der Waals surface area contributed by atoms with Gasteiger partial charge in [-0.15, -0.1) is 11.3 Å². The van der Waals surface area contributed by atoms with Gasteiger partial charge in [-0.25, -0.2) is 4.98 Å². The molecule has 0 aliphatic heterocycles. The molecular formula is C22H15N3O2S. The number of hydrogen-bond acceptors (Lipinski definition) is 5. The monoisotopic (exact) mass is 385 g/mol. The molecule has 0 fully saturated rings. The second kappa shape index (κ2) is 6.58. The molecule has 0 spiro atoms. The Hall–Kier alpha value is -3.51. The Morgan fingerprint density at radius 2 is 1.93 bits per heavy atom. The molecule has 0 bridgehead atoms. The quantitative estimate of drug-likeness (QED) is 0.435. The molecule has 0 unspecified atom stereocenters. The van der Waals surface area contributed by atoms with Crippen molar-refractivity contribution in [2.75, 3.05) is 5.32 Å². The summed E-state index contributed by atoms with van der Waals surface area (Å²) in [5.41, 5.74) is 3.61. The van der Waals surface area contributed by atoms with E-state index >= 15 is 0 Å². The fourth-order valence-corrected chi connectivity index (χ4v) is 4.11. The minimum Gasteiger partial charge on any atom is -0.436 e. The van der Waals surface area contributed by atoms with E-state index in [2.05, 4.69) is 15.3 Å². The smallest absolute Gasteiger partial charge is 0.266 e. The summed E-state index contributed by atoms with van der Waals surface area (Å²) in [6.45, 7) is 1.97. The number of carbonyl (C=O) groups is 1. The molecule has 0 saturated carbocycles. The Morgan fingerprint density at radius 1 is 1.07 bits per heavy atom. The van der Waals surface area contributed by atoms with Crippen LogP contribution in [0.5, 0.6) is 0 Å². The zero-order valence-corrected chi connectivity index (χ0v) is 15.8. The highest BCUT2D eigenvalue weighted by atomic mass is 32.1. The minimum atomic E-state index is -0.200. The van der Waals surface area contributed by atoms with E-state index < -0.39 is 0 Å². The summed E-state index contributed by atoms with van der Waals surface area (Å²) in [6.07, 6.45) is 1.72. The molecule has 28 heavy (non-hydrogen) atoms. The summed E-state index contributed by atoms with van der Waals surface area (Å²) in [5.74, 6) is 0.250. The molecule has 5 aromatic rings. The van der Waals surface area contributed by atoms with Crippen molar-refractivity contribution in [1.29, 1.82) is 0 Å². The summed E-state index contributed by atoms with van der Waals surface area (Å²) in [7, 11) is 0. The average molecular weight is 385 g/mol. The fourth-order valence-electron chi connectivity index (χ4n) is 3.21. The first-order valence-electron chi connectivity index (χ1n) is 8.80. The molecule has 3 heterocycles. The second-order valence-electron chi connectivity index (χ2n) is 6.42. The van der Waals surface area contributed by atoms with Gasteiger partial charge >= 0.3 is 0 Å². The van der Waals surface area contributed by atoms with Crippen molar-refractivity contribution >= 4 is 44.9 Å². The number of carbonyl (C=O) groups excluding carboxylic acids is 1. The number of rotatable bonds is 3. The normalized spacial score (nSPS) is 11.2. The number of pyridine rings is 1. The number of aryl methyl sites for hydroxylation is 1. The van der Waals surface area contributed by atoms with Crippen LogP contribution in [0.2, 0.25) is 0 Å². The highest BCUT2D eigenvalue weighted by Crippen LogP contribution is 2.33. The van der Waals surface area contributed by atoms with Crippen LogP contribution in [-0.2, 0) is 0 Å². The molecular weight excluding hydrogens is 370 g/mol. The molecule has 0 aliphatic rings. The van der Waals surface area contributed by atoms with Gasteiger partial charge in [-0.2, -0.15) is 0 Å². The van der Waals surface area contributed by atoms with Gasteiger partial charge in [0.25, 0.3) is 5.91 Å². The van der Waals surface area contributed by atoms with Gasteiger partial charge in [0, 0.05) is 16.5 Å². The van der Waals surface area contributed by atoms with E-state index in [9.17, 15) is 4.79 Å². The van der Waals surface area contributed by atoms with Gasteiger partial charge in [-0.05, 0) is 37.3 Å². The summed E-state index contributed by atoms with van der Waals surface area (Å²) < 4.78 is 5.88. The molecule has 5 nitrogen and oxygen atoms in total. The van der Waals surface area contributed by atoms with E-state index in [1.54, 1.807) is 6.20 Å². The van der Waals surface area contributed by atoms with Crippen LogP contribution in [0.15, 0.2) is 71.3 Å². The lowest BCUT2D eigenvalue weighted by Crippen LogP contribution is -2.11. The van der Waals surface area contributed by atoms with Crippen molar-refractivity contribution in [2.45, 2.75) is 6.92 Å². The van der Waals surface area contributed by atoms with Crippen LogP contribution in [0.25, 0.3) is 33.5 Å². The van der Waals surface area contributed by atoms with Crippen molar-refractivity contribution in [3.63, 3.8) is 0 Å². The van der Waals surface area contributed by atoms with E-state index in [-0.39, 0.29) is 5.91 Å². The van der Waals surface area contributed by atoms with Crippen LogP contribution in [-0.4, -0.2) is 15.9 Å². The topological polar surface area (TPSA) is 68.0 Å². The fraction of sp³-hybridized carbons (Fsp3) is 0.0455. The van der Waals surface area contributed by atoms with Crippen molar-refractivity contribution in [3.8, 4) is 11.5 Å². The summed E-state index contributed by atoms with van der Waals surface area (Å²) in [5, 5.41) is 3.97. The first kappa shape index (κ1) is 16.6. The van der Waals surface area contributed by atoms with Gasteiger partial charge in [-0.3, -0.25) is 9.78 Å². The second-order valence-corrected chi connectivity index (χ2v) is 7.68. The Balaban J connectivity index is 1.55. The third kappa shape index (κ3) is 2.84. The van der Waals surface area contributed by atoms with E-state index in [1.807, 2.05) is 67.6 Å². The van der Waals surface area contributed by atoms with E-state index in [0.29, 0.717) is 27.6 Å². The Labute approximate surface area is 164 Å². The van der Waals surface area contributed by atoms with Crippen molar-refractivity contribution in [3.05, 3.63) is 76.6 Å². The number of anilines is 1. The number of fused-ring (bicyclic) bond motifs is 2. The van der Waals surface area contributed by atoms with Crippen LogP contribution >= 0.6 is 11.3 Å². The average Bonchev–Trinajstić information content (AvgIpc) is 3.31. The lowest BCUT2D eigenvalue weighted by molar-refractivity contribution is 0.103. The molecule has 3 aromatic heterocycles. The molecule has 0 aliphatic carbocycles. The predicted molar refractivity (Wildman–Crippen MR) is 112 cm³/mol. The molecule has 0 radical (unpaired) electrons. The molecule has 5 rings (SSSR count). The van der Waals surface area contributed by atoms with Gasteiger partial charge in [0.15, 0.2) is 5.58 Å². The minimum absolute atomic E-state index is 0.200. The summed E-state index contributed by atoms with van der Waals surface area (Å²) in [6, 6.07) is 19.1. The van der Waals surface area contributed by atoms with Crippen LogP contribution in [0.3, 0.4) is 0 Å². The number of benzene rings is 2. The van der Waals surface area contributed by atoms with Crippen LogP contribution < -0.4 is 5.32 Å². The number of nitrogens with one attached hydrogen (secondary N) is 1. The van der Waals surface area contributed by atoms with Crippen molar-refractivity contribution < 1.29 is 9.21 Å². The van der Waals surface area contributed by atoms with E-state index in [1.165, 1.54) is 11.3 Å². The van der Waals surface area contributed by atoms with Crippen molar-refractivity contribution in [2.24, 2.45) is 0 Å². The SMILES string of the molecule is Cc1cc(-c2nc3ccccc3o2)c(C(=O)Nc2cccc3cccnc23)s1. The Kier molecular flexibility index (Phi) is 3.91. The maximum absolute atomic E-state index is 13.1. The van der Waals surface area contributed by atoms with Gasteiger partial charge in [-0.1, -0.05) is 30.3 Å². The first-order chi connectivity index (χ1) is 13.7. The lowest BCUT2D eigenvalue weighted by Gasteiger charge is -2.07. The molecule has 0 saturated heterocycles. The van der Waals surface area contributed by atoms with Gasteiger partial charge < -0.3 is 9.73 Å². The maximum Gasteiger partial charge on any atom is 0.266 e. The zero-order valence-electron chi connectivity index (χ0n) is 15.0. The molecule has 0 atom stereocenters. The number of thiophene rings is 1. The highest BCUT2D eigenvalue weighted by molar-refractivity contribution is 7.14. The number of hydrogen-bond donors (Lipinski definition) is 1. The van der Waals surface area contributed by atoms with Gasteiger partial charge in [0.1, 0.15) is 10.4 Å². The van der Waals surface area contributed by atoms with Crippen LogP contribution in [0.4, 0.5) is 5.69 Å². The largest absolute Gasteiger partial charge is 0.436 e. The number of amides is 1. The Morgan fingerprint density at radius 3 is 2.82 bits per heavy atom. The van der Waals surface area contributed by atoms with Gasteiger partial charge in [0.05, 0.1) is 16.8 Å². The lowest BCUT2D eigenvalue weighted by atomic mass is 10.2. The van der Waals surface area contributed by atoms with Crippen molar-refractivity contribution in [1.82, 2.24) is 9.97 Å². The zero-order chi connectivity index (χ0) is 19.1. The maximum atomic E-state index is 13.1. The molecule has 6 heteroatoms. The number of aromatic nitrogens is 2. The summed E-state index contributed by atoms with van der Waals surface area (Å²) >= 11 is 1.42. The third-order valence-electron chi connectivity index (χ3n) is 4.47. The summed E-state index contributed by atoms with van der Waals surface area (Å²) in [4.78, 5) is 23.6. The molecule has 1 amide bonds. The number of oxazole rings is 1. The predicted octanol–water partition coefficient (Wildman–Crippen LogP) is 5.67. The van der Waals surface area contributed by atoms with E-state index in [0.717, 1.165) is 21.3 Å². The van der Waals surface area contributed by atoms with Crippen LogP contribution in [0, 0.1) is 6.92 Å². The van der Waals surface area contributed by atoms with Crippen LogP contribution in [0.1, 0.15) is 14.5 Å². The standard InChI is InChI=1S/C22H15N3O2S/c1-13-12-15(22-25-16-8-2-3-10-18(16)27-22)20(28-13)21(26)24-17-9-4-6-14-7-5-11-23-19(14)17/h2-12H,1H3,(H,24,26). The first-order valence-corrected chi connectivity index (χ1v) is 9.62. The molecule has 2 aromatic carbocycles. The van der Waals surface area contributed by atoms with Gasteiger partial charge in [0.2, 0.25) is 5.89 Å². The number of nitrogens with zero attached hydrogens (tertiary/aromatic N) is 2. The Bertz CT molecular complexity index is 1300. The van der Waals surface area contributed by atoms with E-state index in [4.69, 9.17) is 4.42 Å². The highest BCUT2D eigenvalue weighted by Gasteiger charge is 2.21. The number of para-hydroxylation sites is 3. The molecule has 1 N–H and O–H groups in total.